The number of allylic oxidation sites excluding steroid dienone is 22. The number of carbonyl (C=O) groups is 3. The molecule has 0 aliphatic rings. The first-order valence-corrected chi connectivity index (χ1v) is 31.7. The topological polar surface area (TPSA) is 78.9 Å². The molecule has 6 heteroatoms. The molecule has 0 aromatic heterocycles. The fourth-order valence-corrected chi connectivity index (χ4v) is 8.47. The van der Waals surface area contributed by atoms with Crippen molar-refractivity contribution in [2.45, 2.75) is 284 Å². The highest BCUT2D eigenvalue weighted by Crippen LogP contribution is 2.16. The zero-order chi connectivity index (χ0) is 55.7. The maximum absolute atomic E-state index is 12.8. The molecule has 436 valence electrons. The van der Waals surface area contributed by atoms with Gasteiger partial charge in [0.25, 0.3) is 0 Å². The quantitative estimate of drug-likeness (QED) is 0.0261. The fraction of sp³-hybridized carbons (Fsp3) is 0.648. The number of ether oxygens (including phenoxy) is 3. The third-order valence-electron chi connectivity index (χ3n) is 13.2. The van der Waals surface area contributed by atoms with Crippen LogP contribution in [0.25, 0.3) is 0 Å². The van der Waals surface area contributed by atoms with E-state index in [0.717, 1.165) is 148 Å². The van der Waals surface area contributed by atoms with Gasteiger partial charge in [0.1, 0.15) is 13.2 Å². The summed E-state index contributed by atoms with van der Waals surface area (Å²) in [5.41, 5.74) is 0. The van der Waals surface area contributed by atoms with Crippen LogP contribution in [0.2, 0.25) is 0 Å². The van der Waals surface area contributed by atoms with E-state index >= 15 is 0 Å². The smallest absolute Gasteiger partial charge is 0.306 e. The average molecular weight is 1070 g/mol. The normalized spacial score (nSPS) is 13.0. The molecule has 0 aromatic carbocycles. The van der Waals surface area contributed by atoms with Crippen LogP contribution in [0.3, 0.4) is 0 Å². The van der Waals surface area contributed by atoms with E-state index in [2.05, 4.69) is 154 Å². The number of esters is 3. The predicted molar refractivity (Wildman–Crippen MR) is 334 cm³/mol. The molecule has 0 N–H and O–H groups in total. The Kier molecular flexibility index (Phi) is 60.4. The number of unbranched alkanes of at least 4 members (excludes halogenated alkanes) is 23. The Hall–Kier alpha value is -4.45. The van der Waals surface area contributed by atoms with Gasteiger partial charge in [-0.05, 0) is 116 Å². The van der Waals surface area contributed by atoms with Gasteiger partial charge >= 0.3 is 17.9 Å². The maximum atomic E-state index is 12.8. The van der Waals surface area contributed by atoms with Gasteiger partial charge in [0, 0.05) is 19.3 Å². The molecular weight excluding hydrogens is 949 g/mol. The van der Waals surface area contributed by atoms with E-state index in [1.165, 1.54) is 89.9 Å². The van der Waals surface area contributed by atoms with Gasteiger partial charge in [-0.2, -0.15) is 0 Å². The number of carbonyl (C=O) groups excluding carboxylic acids is 3. The first kappa shape index (κ1) is 72.5. The lowest BCUT2D eigenvalue weighted by Crippen LogP contribution is -2.30. The molecule has 0 spiro atoms. The second kappa shape index (κ2) is 64.1. The number of hydrogen-bond donors (Lipinski definition) is 0. The first-order valence-electron chi connectivity index (χ1n) is 31.7. The molecule has 0 aliphatic carbocycles. The van der Waals surface area contributed by atoms with E-state index in [0.29, 0.717) is 12.8 Å². The van der Waals surface area contributed by atoms with Crippen molar-refractivity contribution < 1.29 is 28.6 Å². The Balaban J connectivity index is 4.02. The third kappa shape index (κ3) is 62.3. The molecule has 0 aliphatic heterocycles. The molecule has 0 saturated heterocycles. The molecule has 77 heavy (non-hydrogen) atoms. The SMILES string of the molecule is CC/C=C\C/C=C\C/C=C\C/C=C\C/C=C\C/C=C\CCCCCCCCCCCCCCCCCCC(=O)OCC(COC(=O)CCCCCCC)OC(=O)CCCCC/C=C\C/C=C\C/C=C\C/C=C\C/C=C\CC. The van der Waals surface area contributed by atoms with Crippen molar-refractivity contribution in [2.75, 3.05) is 13.2 Å². The fourth-order valence-electron chi connectivity index (χ4n) is 8.47. The number of hydrogen-bond acceptors (Lipinski definition) is 6. The van der Waals surface area contributed by atoms with E-state index in [1.807, 2.05) is 0 Å². The minimum atomic E-state index is -0.794. The summed E-state index contributed by atoms with van der Waals surface area (Å²) in [7, 11) is 0. The summed E-state index contributed by atoms with van der Waals surface area (Å²) in [6.07, 6.45) is 90.9. The van der Waals surface area contributed by atoms with Gasteiger partial charge in [-0.25, -0.2) is 0 Å². The van der Waals surface area contributed by atoms with Crippen LogP contribution in [0.5, 0.6) is 0 Å². The molecule has 0 saturated carbocycles. The molecule has 0 amide bonds. The van der Waals surface area contributed by atoms with Gasteiger partial charge in [0.2, 0.25) is 0 Å². The molecule has 1 unspecified atom stereocenters. The molecule has 0 bridgehead atoms. The standard InChI is InChI=1S/C71H116O6/c1-4-7-10-13-15-17-19-21-23-25-27-28-29-30-31-32-33-34-35-36-37-38-39-40-41-42-44-45-47-49-51-53-55-58-61-64-70(73)76-67-68(66-75-69(72)63-60-57-12-9-6-3)77-71(74)65-62-59-56-54-52-50-48-46-43-26-24-22-20-18-16-14-11-8-5-2/h7-8,10-11,15-18,21-24,27-28,30-31,33-34,43,46,50,52,68H,4-6,9,12-14,19-20,25-26,29,32,35-42,44-45,47-49,51,53-67H2,1-3H3/b10-7-,11-8-,17-15-,18-16-,23-21-,24-22-,28-27-,31-30-,34-33-,46-43-,52-50-. The zero-order valence-electron chi connectivity index (χ0n) is 49.9. The molecule has 6 nitrogen and oxygen atoms in total. The van der Waals surface area contributed by atoms with Crippen molar-refractivity contribution in [3.63, 3.8) is 0 Å². The highest BCUT2D eigenvalue weighted by atomic mass is 16.6. The van der Waals surface area contributed by atoms with E-state index in [9.17, 15) is 14.4 Å². The van der Waals surface area contributed by atoms with Crippen LogP contribution in [0.1, 0.15) is 278 Å². The van der Waals surface area contributed by atoms with Gasteiger partial charge in [-0.1, -0.05) is 276 Å². The van der Waals surface area contributed by atoms with E-state index in [4.69, 9.17) is 14.2 Å². The molecule has 0 aromatic rings. The Morgan fingerprint density at radius 3 is 0.805 bits per heavy atom. The van der Waals surface area contributed by atoms with Crippen molar-refractivity contribution in [3.8, 4) is 0 Å². The van der Waals surface area contributed by atoms with Gasteiger partial charge in [-0.15, -0.1) is 0 Å². The van der Waals surface area contributed by atoms with E-state index < -0.39 is 6.10 Å². The lowest BCUT2D eigenvalue weighted by molar-refractivity contribution is -0.167. The van der Waals surface area contributed by atoms with Crippen LogP contribution in [0.4, 0.5) is 0 Å². The van der Waals surface area contributed by atoms with Gasteiger partial charge in [0.15, 0.2) is 6.10 Å². The molecule has 1 atom stereocenters. The molecule has 0 rings (SSSR count). The monoisotopic (exact) mass is 1060 g/mol. The second-order valence-corrected chi connectivity index (χ2v) is 20.6. The minimum Gasteiger partial charge on any atom is -0.462 e. The Morgan fingerprint density at radius 2 is 0.506 bits per heavy atom. The first-order chi connectivity index (χ1) is 38.0. The Bertz CT molecular complexity index is 1650. The Labute approximate surface area is 475 Å². The van der Waals surface area contributed by atoms with Crippen LogP contribution in [-0.4, -0.2) is 37.2 Å². The number of rotatable bonds is 56. The van der Waals surface area contributed by atoms with Crippen molar-refractivity contribution >= 4 is 17.9 Å². The van der Waals surface area contributed by atoms with Crippen LogP contribution >= 0.6 is 0 Å². The van der Waals surface area contributed by atoms with E-state index in [1.54, 1.807) is 0 Å². The minimum absolute atomic E-state index is 0.0925. The van der Waals surface area contributed by atoms with Crippen molar-refractivity contribution in [2.24, 2.45) is 0 Å². The summed E-state index contributed by atoms with van der Waals surface area (Å²) < 4.78 is 16.7. The largest absolute Gasteiger partial charge is 0.462 e. The predicted octanol–water partition coefficient (Wildman–Crippen LogP) is 21.8. The molecular formula is C71H116O6. The summed E-state index contributed by atoms with van der Waals surface area (Å²) in [6.45, 7) is 6.30. The molecule has 0 fully saturated rings. The summed E-state index contributed by atoms with van der Waals surface area (Å²) in [6, 6.07) is 0. The third-order valence-corrected chi connectivity index (χ3v) is 13.2. The van der Waals surface area contributed by atoms with Crippen molar-refractivity contribution in [3.05, 3.63) is 134 Å². The lowest BCUT2D eigenvalue weighted by Gasteiger charge is -2.18. The summed E-state index contributed by atoms with van der Waals surface area (Å²) in [5, 5.41) is 0. The van der Waals surface area contributed by atoms with Gasteiger partial charge < -0.3 is 14.2 Å². The van der Waals surface area contributed by atoms with Crippen molar-refractivity contribution in [1.82, 2.24) is 0 Å². The highest BCUT2D eigenvalue weighted by Gasteiger charge is 2.19. The van der Waals surface area contributed by atoms with Crippen LogP contribution in [0, 0.1) is 0 Å². The molecule has 0 heterocycles. The van der Waals surface area contributed by atoms with Crippen LogP contribution in [-0.2, 0) is 28.6 Å². The summed E-state index contributed by atoms with van der Waals surface area (Å²) in [4.78, 5) is 37.9. The zero-order valence-corrected chi connectivity index (χ0v) is 49.9. The average Bonchev–Trinajstić information content (AvgIpc) is 3.43. The van der Waals surface area contributed by atoms with Crippen LogP contribution < -0.4 is 0 Å². The molecule has 0 radical (unpaired) electrons. The highest BCUT2D eigenvalue weighted by molar-refractivity contribution is 5.71. The van der Waals surface area contributed by atoms with Gasteiger partial charge in [0.05, 0.1) is 0 Å². The van der Waals surface area contributed by atoms with Crippen molar-refractivity contribution in [1.29, 1.82) is 0 Å². The Morgan fingerprint density at radius 1 is 0.273 bits per heavy atom. The van der Waals surface area contributed by atoms with Crippen LogP contribution in [0.15, 0.2) is 134 Å². The lowest BCUT2D eigenvalue weighted by atomic mass is 10.0. The summed E-state index contributed by atoms with van der Waals surface area (Å²) >= 11 is 0. The maximum Gasteiger partial charge on any atom is 0.306 e. The van der Waals surface area contributed by atoms with E-state index in [-0.39, 0.29) is 37.5 Å². The summed E-state index contributed by atoms with van der Waals surface area (Å²) in [5.74, 6) is -0.938. The van der Waals surface area contributed by atoms with Gasteiger partial charge in [-0.3, -0.25) is 14.4 Å². The second-order valence-electron chi connectivity index (χ2n) is 20.6.